The van der Waals surface area contributed by atoms with Gasteiger partial charge in [-0.2, -0.15) is 0 Å². The zero-order valence-corrected chi connectivity index (χ0v) is 19.2. The van der Waals surface area contributed by atoms with Crippen molar-refractivity contribution in [2.75, 3.05) is 20.3 Å². The fraction of sp³-hybridized carbons (Fsp3) is 0.870. The van der Waals surface area contributed by atoms with E-state index in [0.717, 1.165) is 38.5 Å². The summed E-state index contributed by atoms with van der Waals surface area (Å²) in [4.78, 5) is 12.6. The summed E-state index contributed by atoms with van der Waals surface area (Å²) < 4.78 is 24.0. The monoisotopic (exact) mass is 424 g/mol. The summed E-state index contributed by atoms with van der Waals surface area (Å²) in [5.41, 5.74) is 6.45. The summed E-state index contributed by atoms with van der Waals surface area (Å²) in [6.45, 7) is 9.52. The Morgan fingerprint density at radius 2 is 1.90 bits per heavy atom. The third kappa shape index (κ3) is 5.55. The smallest absolute Gasteiger partial charge is 0.407 e. The first-order valence-electron chi connectivity index (χ1n) is 11.3. The molecule has 7 heteroatoms. The third-order valence-electron chi connectivity index (χ3n) is 6.95. The Morgan fingerprint density at radius 3 is 2.47 bits per heavy atom. The van der Waals surface area contributed by atoms with Crippen molar-refractivity contribution >= 4 is 6.09 Å². The fourth-order valence-electron chi connectivity index (χ4n) is 5.19. The molecular weight excluding hydrogens is 384 g/mol. The second-order valence-electron chi connectivity index (χ2n) is 9.97. The third-order valence-corrected chi connectivity index (χ3v) is 6.95. The molecule has 4 atom stereocenters. The van der Waals surface area contributed by atoms with Crippen molar-refractivity contribution in [3.63, 3.8) is 0 Å². The number of epoxide rings is 1. The Morgan fingerprint density at radius 1 is 1.23 bits per heavy atom. The first-order valence-corrected chi connectivity index (χ1v) is 11.3. The van der Waals surface area contributed by atoms with Crippen LogP contribution < -0.4 is 11.1 Å². The van der Waals surface area contributed by atoms with Gasteiger partial charge >= 0.3 is 6.09 Å². The van der Waals surface area contributed by atoms with Crippen molar-refractivity contribution in [2.45, 2.75) is 102 Å². The lowest BCUT2D eigenvalue weighted by Crippen LogP contribution is -2.59. The SMILES string of the molecule is COC1C(OC(=O)N[C@H]2CC[C@H](N)CC2)CC[C@]2(CO2)C1C(C)(C)OCC=C(C)C. The molecule has 172 valence electrons. The zero-order chi connectivity index (χ0) is 21.9. The molecule has 3 rings (SSSR count). The summed E-state index contributed by atoms with van der Waals surface area (Å²) in [6, 6.07) is 0.388. The molecule has 1 heterocycles. The highest BCUT2D eigenvalue weighted by Gasteiger charge is 2.64. The molecule has 3 fully saturated rings. The predicted octanol–water partition coefficient (Wildman–Crippen LogP) is 3.31. The van der Waals surface area contributed by atoms with Crippen LogP contribution in [0.3, 0.4) is 0 Å². The Labute approximate surface area is 181 Å². The summed E-state index contributed by atoms with van der Waals surface area (Å²) in [6.07, 6.45) is 6.34. The van der Waals surface area contributed by atoms with Crippen LogP contribution in [0.5, 0.6) is 0 Å². The molecule has 0 aromatic rings. The molecule has 3 unspecified atom stereocenters. The van der Waals surface area contributed by atoms with E-state index in [-0.39, 0.29) is 41.9 Å². The molecule has 1 saturated heterocycles. The second kappa shape index (κ2) is 9.55. The van der Waals surface area contributed by atoms with Gasteiger partial charge in [0.15, 0.2) is 0 Å². The van der Waals surface area contributed by atoms with Gasteiger partial charge < -0.3 is 30.0 Å². The largest absolute Gasteiger partial charge is 0.443 e. The van der Waals surface area contributed by atoms with Crippen LogP contribution in [0.25, 0.3) is 0 Å². The Balaban J connectivity index is 1.64. The second-order valence-corrected chi connectivity index (χ2v) is 9.97. The number of carbonyl (C=O) groups excluding carboxylic acids is 1. The van der Waals surface area contributed by atoms with Crippen LogP contribution in [-0.2, 0) is 18.9 Å². The Bertz CT molecular complexity index is 619. The summed E-state index contributed by atoms with van der Waals surface area (Å²) >= 11 is 0. The molecule has 1 spiro atoms. The van der Waals surface area contributed by atoms with Gasteiger partial charge in [0.25, 0.3) is 0 Å². The van der Waals surface area contributed by atoms with Gasteiger partial charge in [-0.25, -0.2) is 4.79 Å². The van der Waals surface area contributed by atoms with Crippen molar-refractivity contribution in [3.05, 3.63) is 11.6 Å². The first-order chi connectivity index (χ1) is 14.2. The molecule has 7 nitrogen and oxygen atoms in total. The van der Waals surface area contributed by atoms with Crippen molar-refractivity contribution < 1.29 is 23.7 Å². The van der Waals surface area contributed by atoms with E-state index in [0.29, 0.717) is 13.2 Å². The minimum absolute atomic E-state index is 0.0280. The molecule has 0 aromatic carbocycles. The van der Waals surface area contributed by atoms with Crippen LogP contribution in [0, 0.1) is 5.92 Å². The average molecular weight is 425 g/mol. The van der Waals surface area contributed by atoms with E-state index in [9.17, 15) is 4.79 Å². The molecule has 30 heavy (non-hydrogen) atoms. The topological polar surface area (TPSA) is 95.3 Å². The molecule has 3 aliphatic rings. The van der Waals surface area contributed by atoms with Gasteiger partial charge in [0.1, 0.15) is 12.2 Å². The maximum Gasteiger partial charge on any atom is 0.407 e. The molecule has 1 aliphatic heterocycles. The standard InChI is InChI=1S/C23H40N2O5/c1-15(2)11-13-28-22(3,4)20-19(27-5)18(10-12-23(20)14-29-23)30-21(26)25-17-8-6-16(24)7-9-17/h11,16-20H,6-10,12-14,24H2,1-5H3,(H,25,26)/t16-,17-,18?,19?,20?,23-/m0/s1. The highest BCUT2D eigenvalue weighted by atomic mass is 16.6. The van der Waals surface area contributed by atoms with Crippen LogP contribution in [0.2, 0.25) is 0 Å². The van der Waals surface area contributed by atoms with Crippen LogP contribution in [0.4, 0.5) is 4.79 Å². The Hall–Kier alpha value is -1.15. The summed E-state index contributed by atoms with van der Waals surface area (Å²) in [7, 11) is 1.68. The highest BCUT2D eigenvalue weighted by Crippen LogP contribution is 2.52. The number of ether oxygens (including phenoxy) is 4. The number of hydrogen-bond donors (Lipinski definition) is 2. The maximum atomic E-state index is 12.6. The van der Waals surface area contributed by atoms with Gasteiger partial charge in [0, 0.05) is 25.1 Å². The number of alkyl carbamates (subject to hydrolysis) is 1. The molecule has 0 bridgehead atoms. The minimum Gasteiger partial charge on any atom is -0.443 e. The van der Waals surface area contributed by atoms with E-state index in [4.69, 9.17) is 24.7 Å². The van der Waals surface area contributed by atoms with Gasteiger partial charge in [-0.1, -0.05) is 11.6 Å². The van der Waals surface area contributed by atoms with Crippen LogP contribution >= 0.6 is 0 Å². The number of allylic oxidation sites excluding steroid dienone is 1. The van der Waals surface area contributed by atoms with Crippen molar-refractivity contribution in [1.82, 2.24) is 5.32 Å². The molecule has 3 N–H and O–H groups in total. The lowest BCUT2D eigenvalue weighted by atomic mass is 9.68. The van der Waals surface area contributed by atoms with E-state index in [1.54, 1.807) is 7.11 Å². The van der Waals surface area contributed by atoms with E-state index in [1.807, 2.05) is 0 Å². The van der Waals surface area contributed by atoms with E-state index in [2.05, 4.69) is 39.1 Å². The minimum atomic E-state index is -0.485. The van der Waals surface area contributed by atoms with Crippen molar-refractivity contribution in [2.24, 2.45) is 11.7 Å². The lowest BCUT2D eigenvalue weighted by molar-refractivity contribution is -0.172. The van der Waals surface area contributed by atoms with Gasteiger partial charge in [-0.15, -0.1) is 0 Å². The number of amides is 1. The number of nitrogens with one attached hydrogen (secondary N) is 1. The maximum absolute atomic E-state index is 12.6. The van der Waals surface area contributed by atoms with E-state index < -0.39 is 5.60 Å². The van der Waals surface area contributed by atoms with Crippen molar-refractivity contribution in [3.8, 4) is 0 Å². The van der Waals surface area contributed by atoms with Crippen LogP contribution in [-0.4, -0.2) is 61.9 Å². The highest BCUT2D eigenvalue weighted by molar-refractivity contribution is 5.68. The number of nitrogens with two attached hydrogens (primary N) is 1. The van der Waals surface area contributed by atoms with Gasteiger partial charge in [-0.3, -0.25) is 0 Å². The molecule has 0 radical (unpaired) electrons. The van der Waals surface area contributed by atoms with Gasteiger partial charge in [0.2, 0.25) is 0 Å². The summed E-state index contributed by atoms with van der Waals surface area (Å²) in [5, 5.41) is 3.03. The number of carbonyl (C=O) groups is 1. The molecule has 2 aliphatic carbocycles. The number of methoxy groups -OCH3 is 1. The number of rotatable bonds is 7. The van der Waals surface area contributed by atoms with Crippen molar-refractivity contribution in [1.29, 1.82) is 0 Å². The summed E-state index contributed by atoms with van der Waals surface area (Å²) in [5.74, 6) is -0.0280. The Kier molecular flexibility index (Phi) is 7.49. The van der Waals surface area contributed by atoms with E-state index >= 15 is 0 Å². The van der Waals surface area contributed by atoms with Gasteiger partial charge in [-0.05, 0) is 66.2 Å². The van der Waals surface area contributed by atoms with Gasteiger partial charge in [0.05, 0.1) is 24.4 Å². The first kappa shape index (κ1) is 23.5. The zero-order valence-electron chi connectivity index (χ0n) is 19.2. The molecular formula is C23H40N2O5. The lowest BCUT2D eigenvalue weighted by Gasteiger charge is -2.47. The number of hydrogen-bond acceptors (Lipinski definition) is 6. The normalized spacial score (nSPS) is 36.3. The molecule has 1 amide bonds. The molecule has 2 saturated carbocycles. The average Bonchev–Trinajstić information content (AvgIpc) is 3.44. The van der Waals surface area contributed by atoms with Crippen LogP contribution in [0.15, 0.2) is 11.6 Å². The quantitative estimate of drug-likeness (QED) is 0.481. The predicted molar refractivity (Wildman–Crippen MR) is 115 cm³/mol. The van der Waals surface area contributed by atoms with Crippen LogP contribution in [0.1, 0.15) is 66.2 Å². The molecule has 0 aromatic heterocycles. The van der Waals surface area contributed by atoms with E-state index in [1.165, 1.54) is 5.57 Å². The fourth-order valence-corrected chi connectivity index (χ4v) is 5.19.